The summed E-state index contributed by atoms with van der Waals surface area (Å²) in [4.78, 5) is 24.7. The van der Waals surface area contributed by atoms with Crippen LogP contribution in [0.3, 0.4) is 0 Å². The number of aryl methyl sites for hydroxylation is 1. The predicted octanol–water partition coefficient (Wildman–Crippen LogP) is 2.28. The molecule has 0 fully saturated rings. The summed E-state index contributed by atoms with van der Waals surface area (Å²) in [6, 6.07) is 11.8. The Bertz CT molecular complexity index is 933. The van der Waals surface area contributed by atoms with E-state index in [1.54, 1.807) is 6.07 Å². The van der Waals surface area contributed by atoms with Crippen molar-refractivity contribution in [3.63, 3.8) is 0 Å². The summed E-state index contributed by atoms with van der Waals surface area (Å²) >= 11 is 1.34. The van der Waals surface area contributed by atoms with E-state index in [2.05, 4.69) is 10.4 Å². The molecule has 7 nitrogen and oxygen atoms in total. The van der Waals surface area contributed by atoms with Crippen molar-refractivity contribution in [2.45, 2.75) is 19.6 Å². The number of nitrogens with zero attached hydrogens (tertiary/aromatic N) is 2. The average Bonchev–Trinajstić information content (AvgIpc) is 3.18. The lowest BCUT2D eigenvalue weighted by Crippen LogP contribution is -2.37. The third-order valence-corrected chi connectivity index (χ3v) is 5.16. The minimum Gasteiger partial charge on any atom is -0.479 e. The molecule has 136 valence electrons. The van der Waals surface area contributed by atoms with E-state index >= 15 is 0 Å². The Balaban J connectivity index is 1.79. The van der Waals surface area contributed by atoms with Gasteiger partial charge >= 0.3 is 5.97 Å². The first-order valence-corrected chi connectivity index (χ1v) is 8.86. The monoisotopic (exact) mass is 373 g/mol. The molecule has 0 aliphatic rings. The first-order chi connectivity index (χ1) is 12.5. The topological polar surface area (TPSA) is 93.5 Å². The Hall–Kier alpha value is -2.71. The van der Waals surface area contributed by atoms with Crippen molar-refractivity contribution in [3.05, 3.63) is 52.5 Å². The molecule has 0 radical (unpaired) electrons. The second kappa shape index (κ2) is 7.67. The summed E-state index contributed by atoms with van der Waals surface area (Å²) in [5.41, 5.74) is 1.98. The van der Waals surface area contributed by atoms with Gasteiger partial charge in [0.15, 0.2) is 6.10 Å². The normalized spacial score (nSPS) is 12.2. The maximum absolute atomic E-state index is 12.4. The van der Waals surface area contributed by atoms with Crippen LogP contribution in [-0.2, 0) is 16.1 Å². The van der Waals surface area contributed by atoms with Gasteiger partial charge in [-0.25, -0.2) is 4.79 Å². The number of rotatable bonds is 7. The van der Waals surface area contributed by atoms with E-state index in [4.69, 9.17) is 9.84 Å². The lowest BCUT2D eigenvalue weighted by Gasteiger charge is -2.10. The number of nitrogens with one attached hydrogen (secondary N) is 1. The fourth-order valence-electron chi connectivity index (χ4n) is 2.63. The lowest BCUT2D eigenvalue weighted by molar-refractivity contribution is -0.148. The van der Waals surface area contributed by atoms with Gasteiger partial charge in [0.25, 0.3) is 5.91 Å². The first-order valence-electron chi connectivity index (χ1n) is 8.04. The van der Waals surface area contributed by atoms with Crippen molar-refractivity contribution in [2.24, 2.45) is 0 Å². The molecule has 0 saturated heterocycles. The van der Waals surface area contributed by atoms with E-state index in [1.165, 1.54) is 18.4 Å². The average molecular weight is 373 g/mol. The maximum atomic E-state index is 12.4. The highest BCUT2D eigenvalue weighted by molar-refractivity contribution is 7.20. The molecule has 2 N–H and O–H groups in total. The van der Waals surface area contributed by atoms with Gasteiger partial charge in [0.05, 0.1) is 23.7 Å². The number of carbonyl (C=O) groups excluding carboxylic acids is 1. The van der Waals surface area contributed by atoms with E-state index in [0.717, 1.165) is 21.5 Å². The number of hydrogen-bond donors (Lipinski definition) is 2. The molecule has 2 aromatic heterocycles. The summed E-state index contributed by atoms with van der Waals surface area (Å²) in [6.07, 6.45) is -1.07. The van der Waals surface area contributed by atoms with Gasteiger partial charge in [-0.1, -0.05) is 30.3 Å². The fourth-order valence-corrected chi connectivity index (χ4v) is 3.71. The zero-order valence-electron chi connectivity index (χ0n) is 14.4. The van der Waals surface area contributed by atoms with Crippen LogP contribution in [-0.4, -0.2) is 46.5 Å². The van der Waals surface area contributed by atoms with Crippen LogP contribution in [0.1, 0.15) is 20.9 Å². The number of fused-ring (bicyclic) bond motifs is 1. The molecule has 1 aromatic carbocycles. The van der Waals surface area contributed by atoms with Crippen molar-refractivity contribution in [1.82, 2.24) is 15.1 Å². The summed E-state index contributed by atoms with van der Waals surface area (Å²) in [7, 11) is 1.30. The summed E-state index contributed by atoms with van der Waals surface area (Å²) < 4.78 is 6.71. The van der Waals surface area contributed by atoms with E-state index in [1.807, 2.05) is 41.9 Å². The molecule has 0 bridgehead atoms. The molecule has 3 aromatic rings. The Kier molecular flexibility index (Phi) is 5.34. The van der Waals surface area contributed by atoms with Crippen LogP contribution in [0.25, 0.3) is 10.2 Å². The van der Waals surface area contributed by atoms with Gasteiger partial charge in [0.2, 0.25) is 0 Å². The number of methoxy groups -OCH3 is 1. The Morgan fingerprint density at radius 1 is 1.35 bits per heavy atom. The number of carbonyl (C=O) groups is 2. The molecule has 2 heterocycles. The van der Waals surface area contributed by atoms with Crippen LogP contribution >= 0.6 is 11.3 Å². The number of thiophene rings is 1. The van der Waals surface area contributed by atoms with Crippen LogP contribution in [0.4, 0.5) is 0 Å². The smallest absolute Gasteiger partial charge is 0.334 e. The van der Waals surface area contributed by atoms with Gasteiger partial charge in [0.1, 0.15) is 4.83 Å². The highest BCUT2D eigenvalue weighted by atomic mass is 32.1. The third-order valence-electron chi connectivity index (χ3n) is 4.01. The summed E-state index contributed by atoms with van der Waals surface area (Å²) in [6.45, 7) is 2.44. The number of aliphatic carboxylic acids is 1. The molecule has 0 aliphatic carbocycles. The molecule has 0 saturated carbocycles. The molecule has 0 spiro atoms. The fraction of sp³-hybridized carbons (Fsp3) is 0.278. The van der Waals surface area contributed by atoms with E-state index in [0.29, 0.717) is 11.4 Å². The van der Waals surface area contributed by atoms with Gasteiger partial charge in [-0.15, -0.1) is 11.3 Å². The molecule has 1 unspecified atom stereocenters. The highest BCUT2D eigenvalue weighted by Gasteiger charge is 2.20. The molecule has 1 atom stereocenters. The van der Waals surface area contributed by atoms with Gasteiger partial charge in [-0.2, -0.15) is 5.10 Å². The number of hydrogen-bond acceptors (Lipinski definition) is 5. The minimum absolute atomic E-state index is 0.0893. The summed E-state index contributed by atoms with van der Waals surface area (Å²) in [5, 5.41) is 17.1. The molecule has 8 heteroatoms. The molecular weight excluding hydrogens is 354 g/mol. The van der Waals surface area contributed by atoms with Crippen molar-refractivity contribution < 1.29 is 19.4 Å². The predicted molar refractivity (Wildman–Crippen MR) is 98.7 cm³/mol. The van der Waals surface area contributed by atoms with E-state index < -0.39 is 12.1 Å². The lowest BCUT2D eigenvalue weighted by atomic mass is 10.2. The molecule has 26 heavy (non-hydrogen) atoms. The third kappa shape index (κ3) is 3.76. The molecule has 0 aliphatic heterocycles. The van der Waals surface area contributed by atoms with Crippen molar-refractivity contribution >= 4 is 33.4 Å². The number of amides is 1. The zero-order valence-corrected chi connectivity index (χ0v) is 15.2. The quantitative estimate of drug-likeness (QED) is 0.663. The van der Waals surface area contributed by atoms with E-state index in [-0.39, 0.29) is 12.5 Å². The van der Waals surface area contributed by atoms with Gasteiger partial charge < -0.3 is 15.2 Å². The standard InChI is InChI=1S/C18H19N3O4S/c1-11-13-8-15(16(22)19-9-14(25-2)18(23)24)26-17(13)21(20-11)10-12-6-4-3-5-7-12/h3-8,14H,9-10H2,1-2H3,(H,19,22)(H,23,24). The number of aromatic nitrogens is 2. The molecule has 3 rings (SSSR count). The Morgan fingerprint density at radius 2 is 2.08 bits per heavy atom. The second-order valence-corrected chi connectivity index (χ2v) is 6.86. The SMILES string of the molecule is COC(CNC(=O)c1cc2c(C)nn(Cc3ccccc3)c2s1)C(=O)O. The Labute approximate surface area is 154 Å². The number of benzene rings is 1. The van der Waals surface area contributed by atoms with Crippen LogP contribution < -0.4 is 5.32 Å². The Morgan fingerprint density at radius 3 is 2.73 bits per heavy atom. The summed E-state index contributed by atoms with van der Waals surface area (Å²) in [5.74, 6) is -1.43. The van der Waals surface area contributed by atoms with Gasteiger partial charge in [0, 0.05) is 12.5 Å². The number of ether oxygens (including phenoxy) is 1. The number of carboxylic acids is 1. The van der Waals surface area contributed by atoms with Crippen LogP contribution in [0.15, 0.2) is 36.4 Å². The molecule has 1 amide bonds. The van der Waals surface area contributed by atoms with Crippen LogP contribution in [0.5, 0.6) is 0 Å². The van der Waals surface area contributed by atoms with Crippen LogP contribution in [0, 0.1) is 6.92 Å². The number of carboxylic acid groups (broad SMARTS) is 1. The minimum atomic E-state index is -1.11. The van der Waals surface area contributed by atoms with Gasteiger partial charge in [-0.3, -0.25) is 9.48 Å². The highest BCUT2D eigenvalue weighted by Crippen LogP contribution is 2.28. The maximum Gasteiger partial charge on any atom is 0.334 e. The second-order valence-electron chi connectivity index (χ2n) is 5.83. The first kappa shape index (κ1) is 18.1. The van der Waals surface area contributed by atoms with Crippen molar-refractivity contribution in [1.29, 1.82) is 0 Å². The van der Waals surface area contributed by atoms with E-state index in [9.17, 15) is 9.59 Å². The van der Waals surface area contributed by atoms with Crippen molar-refractivity contribution in [2.75, 3.05) is 13.7 Å². The van der Waals surface area contributed by atoms with Gasteiger partial charge in [-0.05, 0) is 18.6 Å². The van der Waals surface area contributed by atoms with Crippen LogP contribution in [0.2, 0.25) is 0 Å². The molecular formula is C18H19N3O4S. The zero-order chi connectivity index (χ0) is 18.7. The van der Waals surface area contributed by atoms with Crippen molar-refractivity contribution in [3.8, 4) is 0 Å². The largest absolute Gasteiger partial charge is 0.479 e.